The Morgan fingerprint density at radius 2 is 1.55 bits per heavy atom. The molecule has 0 aromatic heterocycles. The monoisotopic (exact) mass is 449 g/mol. The summed E-state index contributed by atoms with van der Waals surface area (Å²) in [6.07, 6.45) is 1.02. The number of benzene rings is 3. The maximum atomic E-state index is 10.7. The minimum absolute atomic E-state index is 0.167. The van der Waals surface area contributed by atoms with E-state index in [1.54, 1.807) is 0 Å². The molecule has 0 aliphatic carbocycles. The van der Waals surface area contributed by atoms with E-state index in [1.165, 1.54) is 27.7 Å². The molecule has 0 amide bonds. The van der Waals surface area contributed by atoms with Crippen molar-refractivity contribution in [3.8, 4) is 5.75 Å². The number of ether oxygens (including phenoxy) is 1. The Bertz CT molecular complexity index is 1070. The molecule has 3 aromatic rings. The van der Waals surface area contributed by atoms with Crippen molar-refractivity contribution in [1.82, 2.24) is 4.90 Å². The number of hydrogen-bond donors (Lipinski definition) is 1. The summed E-state index contributed by atoms with van der Waals surface area (Å²) in [7, 11) is 8.21. The number of aliphatic carboxylic acids is 1. The summed E-state index contributed by atoms with van der Waals surface area (Å²) < 4.78 is 5.96. The molecule has 3 aromatic carbocycles. The van der Waals surface area contributed by atoms with E-state index in [0.29, 0.717) is 13.2 Å². The number of hydrogen-bond acceptors (Lipinski definition) is 5. The molecule has 1 N–H and O–H groups in total. The van der Waals surface area contributed by atoms with Crippen molar-refractivity contribution >= 4 is 28.1 Å². The van der Waals surface area contributed by atoms with E-state index >= 15 is 0 Å². The van der Waals surface area contributed by atoms with Gasteiger partial charge in [-0.25, -0.2) is 0 Å². The van der Waals surface area contributed by atoms with Crippen molar-refractivity contribution in [2.75, 3.05) is 57.7 Å². The fourth-order valence-corrected chi connectivity index (χ4v) is 4.02. The third-order valence-electron chi connectivity index (χ3n) is 5.75. The molecule has 3 rings (SSSR count). The van der Waals surface area contributed by atoms with Gasteiger partial charge in [-0.15, -0.1) is 0 Å². The number of carboxylic acids is 1. The summed E-state index contributed by atoms with van der Waals surface area (Å²) in [5.41, 5.74) is 3.60. The van der Waals surface area contributed by atoms with Gasteiger partial charge >= 0.3 is 5.97 Å². The smallest absolute Gasteiger partial charge is 0.304 e. The Labute approximate surface area is 197 Å². The molecule has 0 radical (unpaired) electrons. The number of carbonyl (C=O) groups is 1. The van der Waals surface area contributed by atoms with Crippen LogP contribution in [0.1, 0.15) is 18.4 Å². The summed E-state index contributed by atoms with van der Waals surface area (Å²) >= 11 is 0. The van der Waals surface area contributed by atoms with Crippen LogP contribution in [0.2, 0.25) is 0 Å². The Morgan fingerprint density at radius 1 is 0.879 bits per heavy atom. The van der Waals surface area contributed by atoms with E-state index in [2.05, 4.69) is 79.5 Å². The van der Waals surface area contributed by atoms with Crippen LogP contribution in [0.3, 0.4) is 0 Å². The molecular weight excluding hydrogens is 414 g/mol. The topological polar surface area (TPSA) is 56.2 Å². The number of rotatable bonds is 12. The lowest BCUT2D eigenvalue weighted by molar-refractivity contribution is -0.137. The van der Waals surface area contributed by atoms with E-state index in [4.69, 9.17) is 9.84 Å². The Morgan fingerprint density at radius 3 is 2.24 bits per heavy atom. The fourth-order valence-electron chi connectivity index (χ4n) is 4.02. The molecule has 0 saturated heterocycles. The van der Waals surface area contributed by atoms with E-state index in [9.17, 15) is 4.79 Å². The first kappa shape index (κ1) is 24.4. The highest BCUT2D eigenvalue weighted by Gasteiger charge is 2.10. The molecular formula is C27H35N3O3. The van der Waals surface area contributed by atoms with Crippen LogP contribution in [-0.4, -0.2) is 63.9 Å². The van der Waals surface area contributed by atoms with Gasteiger partial charge < -0.3 is 24.5 Å². The first-order valence-corrected chi connectivity index (χ1v) is 11.4. The van der Waals surface area contributed by atoms with E-state index in [1.807, 2.05) is 24.1 Å². The highest BCUT2D eigenvalue weighted by molar-refractivity contribution is 6.01. The highest BCUT2D eigenvalue weighted by Crippen LogP contribution is 2.33. The molecule has 33 heavy (non-hydrogen) atoms. The van der Waals surface area contributed by atoms with Gasteiger partial charge in [0.2, 0.25) is 0 Å². The average molecular weight is 450 g/mol. The van der Waals surface area contributed by atoms with Crippen LogP contribution in [-0.2, 0) is 11.3 Å². The summed E-state index contributed by atoms with van der Waals surface area (Å²) in [5, 5.41) is 11.3. The van der Waals surface area contributed by atoms with Crippen molar-refractivity contribution in [2.45, 2.75) is 19.4 Å². The molecule has 0 saturated carbocycles. The van der Waals surface area contributed by atoms with Crippen molar-refractivity contribution in [2.24, 2.45) is 0 Å². The first-order chi connectivity index (χ1) is 15.8. The lowest BCUT2D eigenvalue weighted by atomic mass is 10.1. The van der Waals surface area contributed by atoms with Crippen LogP contribution in [0, 0.1) is 0 Å². The van der Waals surface area contributed by atoms with Crippen LogP contribution in [0.15, 0.2) is 60.7 Å². The second kappa shape index (κ2) is 11.6. The standard InChI is InChI=1S/C27H35N3O3/c1-28(2)25-13-6-12-24-23(25)11-7-14-26(24)30(4)20-21-9-5-10-22(19-21)33-18-8-16-29(3)17-15-27(31)32/h5-7,9-14,19H,8,15-18,20H2,1-4H3,(H,31,32). The third kappa shape index (κ3) is 6.86. The molecule has 6 nitrogen and oxygen atoms in total. The van der Waals surface area contributed by atoms with Gasteiger partial charge in [-0.05, 0) is 43.3 Å². The number of carboxylic acid groups (broad SMARTS) is 1. The Hall–Kier alpha value is -3.25. The summed E-state index contributed by atoms with van der Waals surface area (Å²) in [4.78, 5) is 17.1. The van der Waals surface area contributed by atoms with Crippen LogP contribution in [0.25, 0.3) is 10.8 Å². The molecule has 0 fully saturated rings. The zero-order chi connectivity index (χ0) is 23.8. The molecule has 6 heteroatoms. The summed E-state index contributed by atoms with van der Waals surface area (Å²) in [6, 6.07) is 21.2. The average Bonchev–Trinajstić information content (AvgIpc) is 2.79. The third-order valence-corrected chi connectivity index (χ3v) is 5.75. The molecule has 0 unspecified atom stereocenters. The van der Waals surface area contributed by atoms with Crippen molar-refractivity contribution in [3.05, 3.63) is 66.2 Å². The molecule has 0 spiro atoms. The lowest BCUT2D eigenvalue weighted by Gasteiger charge is -2.23. The lowest BCUT2D eigenvalue weighted by Crippen LogP contribution is -2.24. The molecule has 0 heterocycles. The van der Waals surface area contributed by atoms with E-state index < -0.39 is 5.97 Å². The van der Waals surface area contributed by atoms with Gasteiger partial charge in [-0.1, -0.05) is 36.4 Å². The summed E-state index contributed by atoms with van der Waals surface area (Å²) in [5.74, 6) is 0.100. The van der Waals surface area contributed by atoms with Crippen LogP contribution in [0.4, 0.5) is 11.4 Å². The zero-order valence-corrected chi connectivity index (χ0v) is 20.1. The molecule has 0 aliphatic rings. The Balaban J connectivity index is 1.60. The molecule has 0 bridgehead atoms. The minimum Gasteiger partial charge on any atom is -0.494 e. The van der Waals surface area contributed by atoms with Crippen molar-refractivity contribution < 1.29 is 14.6 Å². The predicted octanol–water partition coefficient (Wildman–Crippen LogP) is 4.72. The van der Waals surface area contributed by atoms with Crippen LogP contribution >= 0.6 is 0 Å². The van der Waals surface area contributed by atoms with Crippen molar-refractivity contribution in [3.63, 3.8) is 0 Å². The van der Waals surface area contributed by atoms with Crippen LogP contribution < -0.4 is 14.5 Å². The molecule has 0 atom stereocenters. The second-order valence-corrected chi connectivity index (χ2v) is 8.70. The minimum atomic E-state index is -0.762. The zero-order valence-electron chi connectivity index (χ0n) is 20.1. The fraction of sp³-hybridized carbons (Fsp3) is 0.370. The number of anilines is 2. The van der Waals surface area contributed by atoms with Gasteiger partial charge in [0.1, 0.15) is 5.75 Å². The predicted molar refractivity (Wildman–Crippen MR) is 137 cm³/mol. The SMILES string of the molecule is CN(CCCOc1cccc(CN(C)c2cccc3c(N(C)C)cccc23)c1)CCC(=O)O. The van der Waals surface area contributed by atoms with Gasteiger partial charge in [0, 0.05) is 62.9 Å². The van der Waals surface area contributed by atoms with E-state index in [0.717, 1.165) is 25.3 Å². The van der Waals surface area contributed by atoms with Gasteiger partial charge in [0.25, 0.3) is 0 Å². The largest absolute Gasteiger partial charge is 0.494 e. The van der Waals surface area contributed by atoms with Gasteiger partial charge in [-0.2, -0.15) is 0 Å². The van der Waals surface area contributed by atoms with Crippen LogP contribution in [0.5, 0.6) is 5.75 Å². The molecule has 0 aliphatic heterocycles. The van der Waals surface area contributed by atoms with Gasteiger partial charge in [0.05, 0.1) is 13.0 Å². The number of nitrogens with zero attached hydrogens (tertiary/aromatic N) is 3. The maximum Gasteiger partial charge on any atom is 0.304 e. The van der Waals surface area contributed by atoms with Gasteiger partial charge in [0.15, 0.2) is 0 Å². The van der Waals surface area contributed by atoms with Crippen molar-refractivity contribution in [1.29, 1.82) is 0 Å². The van der Waals surface area contributed by atoms with E-state index in [-0.39, 0.29) is 6.42 Å². The number of fused-ring (bicyclic) bond motifs is 1. The second-order valence-electron chi connectivity index (χ2n) is 8.70. The maximum absolute atomic E-state index is 10.7. The normalized spacial score (nSPS) is 11.1. The highest BCUT2D eigenvalue weighted by atomic mass is 16.5. The summed E-state index contributed by atoms with van der Waals surface area (Å²) in [6.45, 7) is 2.75. The Kier molecular flexibility index (Phi) is 8.55. The first-order valence-electron chi connectivity index (χ1n) is 11.4. The quantitative estimate of drug-likeness (QED) is 0.404. The van der Waals surface area contributed by atoms with Gasteiger partial charge in [-0.3, -0.25) is 4.79 Å². The molecule has 176 valence electrons.